The molecule has 0 N–H and O–H groups in total. The average molecular weight is 589 g/mol. The van der Waals surface area contributed by atoms with E-state index in [-0.39, 0.29) is 22.5 Å². The highest BCUT2D eigenvalue weighted by Gasteiger charge is 2.34. The van der Waals surface area contributed by atoms with E-state index in [1.165, 1.54) is 16.6 Å². The normalized spacial score (nSPS) is 15.3. The predicted molar refractivity (Wildman–Crippen MR) is 172 cm³/mol. The molecule has 216 valence electrons. The highest BCUT2D eigenvalue weighted by Crippen LogP contribution is 2.44. The van der Waals surface area contributed by atoms with Gasteiger partial charge in [-0.25, -0.2) is 4.98 Å². The fourth-order valence-electron chi connectivity index (χ4n) is 6.12. The standard InChI is InChI=1S/C34H40N2O3S2/c1-9-34(6,7)23-14-15-24-28(17-23)41-31-30(24)32(38)36(25-12-10-11-13-27(25)39-8)33(35-31)40-18-26(37)29-21(4)19(2)16-20(3)22(29)5/h10-13,16,23H,9,14-15,17-18H2,1-8H3. The van der Waals surface area contributed by atoms with Crippen LogP contribution in [0.2, 0.25) is 0 Å². The summed E-state index contributed by atoms with van der Waals surface area (Å²) >= 11 is 2.99. The van der Waals surface area contributed by atoms with Crippen LogP contribution in [0.5, 0.6) is 5.75 Å². The van der Waals surface area contributed by atoms with Gasteiger partial charge in [0.1, 0.15) is 10.6 Å². The van der Waals surface area contributed by atoms with Crippen molar-refractivity contribution in [1.29, 1.82) is 0 Å². The maximum absolute atomic E-state index is 14.4. The van der Waals surface area contributed by atoms with Gasteiger partial charge in [-0.05, 0) is 98.2 Å². The average Bonchev–Trinajstić information content (AvgIpc) is 3.33. The van der Waals surface area contributed by atoms with Crippen molar-refractivity contribution in [3.63, 3.8) is 0 Å². The number of aryl methyl sites for hydroxylation is 3. The van der Waals surface area contributed by atoms with E-state index in [4.69, 9.17) is 9.72 Å². The Labute approximate surface area is 251 Å². The lowest BCUT2D eigenvalue weighted by atomic mass is 9.70. The first-order valence-electron chi connectivity index (χ1n) is 14.4. The molecule has 1 aliphatic carbocycles. The van der Waals surface area contributed by atoms with Gasteiger partial charge in [0.25, 0.3) is 5.56 Å². The Bertz CT molecular complexity index is 1690. The maximum Gasteiger partial charge on any atom is 0.267 e. The minimum absolute atomic E-state index is 0.0489. The number of thioether (sulfide) groups is 1. The number of methoxy groups -OCH3 is 1. The number of para-hydroxylation sites is 2. The number of aromatic nitrogens is 2. The molecule has 4 aromatic rings. The molecular weight excluding hydrogens is 549 g/mol. The molecule has 2 heterocycles. The third kappa shape index (κ3) is 5.27. The molecule has 5 nitrogen and oxygen atoms in total. The molecule has 0 fully saturated rings. The Balaban J connectivity index is 1.62. The summed E-state index contributed by atoms with van der Waals surface area (Å²) in [6.45, 7) is 15.1. The number of fused-ring (bicyclic) bond motifs is 3. The van der Waals surface area contributed by atoms with Crippen LogP contribution in [0.15, 0.2) is 40.3 Å². The van der Waals surface area contributed by atoms with Crippen LogP contribution in [0.3, 0.4) is 0 Å². The monoisotopic (exact) mass is 588 g/mol. The van der Waals surface area contributed by atoms with Crippen molar-refractivity contribution in [1.82, 2.24) is 9.55 Å². The summed E-state index contributed by atoms with van der Waals surface area (Å²) in [5.74, 6) is 1.42. The van der Waals surface area contributed by atoms with Crippen molar-refractivity contribution in [2.24, 2.45) is 11.3 Å². The van der Waals surface area contributed by atoms with Crippen molar-refractivity contribution in [2.75, 3.05) is 12.9 Å². The van der Waals surface area contributed by atoms with Gasteiger partial charge in [-0.3, -0.25) is 14.2 Å². The van der Waals surface area contributed by atoms with Crippen LogP contribution in [0, 0.1) is 39.0 Å². The minimum Gasteiger partial charge on any atom is -0.495 e. The molecule has 2 aromatic carbocycles. The summed E-state index contributed by atoms with van der Waals surface area (Å²) in [7, 11) is 1.61. The molecule has 0 spiro atoms. The van der Waals surface area contributed by atoms with Crippen LogP contribution in [-0.2, 0) is 12.8 Å². The molecule has 0 saturated carbocycles. The quantitative estimate of drug-likeness (QED) is 0.118. The van der Waals surface area contributed by atoms with Crippen LogP contribution < -0.4 is 10.3 Å². The summed E-state index contributed by atoms with van der Waals surface area (Å²) in [6, 6.07) is 9.67. The summed E-state index contributed by atoms with van der Waals surface area (Å²) in [6.07, 6.45) is 4.08. The molecule has 1 unspecified atom stereocenters. The number of thiophene rings is 1. The molecule has 0 radical (unpaired) electrons. The zero-order chi connectivity index (χ0) is 29.6. The maximum atomic E-state index is 14.4. The first kappa shape index (κ1) is 29.6. The smallest absolute Gasteiger partial charge is 0.267 e. The summed E-state index contributed by atoms with van der Waals surface area (Å²) in [5.41, 5.74) is 7.00. The van der Waals surface area contributed by atoms with E-state index in [1.807, 2.05) is 52.0 Å². The van der Waals surface area contributed by atoms with Crippen molar-refractivity contribution >= 4 is 39.1 Å². The second kappa shape index (κ2) is 11.4. The Morgan fingerprint density at radius 1 is 1.15 bits per heavy atom. The first-order chi connectivity index (χ1) is 19.5. The molecule has 2 aromatic heterocycles. The number of rotatable bonds is 8. The number of nitrogens with zero attached hydrogens (tertiary/aromatic N) is 2. The van der Waals surface area contributed by atoms with Gasteiger partial charge in [-0.1, -0.05) is 57.2 Å². The molecular formula is C34H40N2O3S2. The van der Waals surface area contributed by atoms with Gasteiger partial charge in [-0.15, -0.1) is 11.3 Å². The summed E-state index contributed by atoms with van der Waals surface area (Å²) in [5, 5.41) is 1.24. The van der Waals surface area contributed by atoms with E-state index in [0.717, 1.165) is 69.3 Å². The van der Waals surface area contributed by atoms with Crippen LogP contribution in [0.1, 0.15) is 76.7 Å². The van der Waals surface area contributed by atoms with E-state index in [0.29, 0.717) is 22.5 Å². The van der Waals surface area contributed by atoms with Gasteiger partial charge in [0.15, 0.2) is 10.9 Å². The summed E-state index contributed by atoms with van der Waals surface area (Å²) in [4.78, 5) is 35.2. The van der Waals surface area contributed by atoms with E-state index < -0.39 is 0 Å². The van der Waals surface area contributed by atoms with Crippen molar-refractivity contribution in [2.45, 2.75) is 79.3 Å². The topological polar surface area (TPSA) is 61.2 Å². The number of benzene rings is 2. The number of hydrogen-bond donors (Lipinski definition) is 0. The molecule has 0 aliphatic heterocycles. The minimum atomic E-state index is -0.0843. The van der Waals surface area contributed by atoms with Gasteiger partial charge >= 0.3 is 0 Å². The first-order valence-corrected chi connectivity index (χ1v) is 16.2. The second-order valence-corrected chi connectivity index (χ2v) is 14.0. The Hall–Kier alpha value is -2.90. The van der Waals surface area contributed by atoms with Crippen molar-refractivity contribution < 1.29 is 9.53 Å². The summed E-state index contributed by atoms with van der Waals surface area (Å²) < 4.78 is 7.33. The molecule has 7 heteroatoms. The second-order valence-electron chi connectivity index (χ2n) is 12.0. The largest absolute Gasteiger partial charge is 0.495 e. The van der Waals surface area contributed by atoms with Gasteiger partial charge in [0.05, 0.1) is 23.9 Å². The number of carbonyl (C=O) groups excluding carboxylic acids is 1. The van der Waals surface area contributed by atoms with Gasteiger partial charge < -0.3 is 4.74 Å². The highest BCUT2D eigenvalue weighted by molar-refractivity contribution is 7.99. The molecule has 5 rings (SSSR count). The van der Waals surface area contributed by atoms with E-state index in [1.54, 1.807) is 23.0 Å². The third-order valence-electron chi connectivity index (χ3n) is 9.37. The van der Waals surface area contributed by atoms with Crippen molar-refractivity contribution in [3.05, 3.63) is 78.9 Å². The van der Waals surface area contributed by atoms with E-state index in [9.17, 15) is 9.59 Å². The number of carbonyl (C=O) groups is 1. The van der Waals surface area contributed by atoms with Crippen molar-refractivity contribution in [3.8, 4) is 11.4 Å². The molecule has 0 saturated heterocycles. The van der Waals surface area contributed by atoms with Crippen LogP contribution in [0.4, 0.5) is 0 Å². The number of ether oxygens (including phenoxy) is 1. The zero-order valence-electron chi connectivity index (χ0n) is 25.4. The van der Waals surface area contributed by atoms with Gasteiger partial charge in [0.2, 0.25) is 0 Å². The molecule has 0 bridgehead atoms. The Morgan fingerprint density at radius 2 is 1.83 bits per heavy atom. The number of ketones is 1. The highest BCUT2D eigenvalue weighted by atomic mass is 32.2. The SMILES string of the molecule is CCC(C)(C)C1CCc2c(sc3nc(SCC(=O)c4c(C)c(C)cc(C)c4C)n(-c4ccccc4OC)c(=O)c23)C1. The number of Topliss-reactive ketones (excluding diaryl/α,β-unsaturated/α-hetero) is 1. The van der Waals surface area contributed by atoms with Crippen LogP contribution in [0.25, 0.3) is 15.9 Å². The predicted octanol–water partition coefficient (Wildman–Crippen LogP) is 8.21. The lowest BCUT2D eigenvalue weighted by Gasteiger charge is -2.36. The van der Waals surface area contributed by atoms with Gasteiger partial charge in [-0.2, -0.15) is 0 Å². The number of hydrogen-bond acceptors (Lipinski definition) is 6. The van der Waals surface area contributed by atoms with E-state index in [2.05, 4.69) is 26.8 Å². The fraction of sp³-hybridized carbons (Fsp3) is 0.441. The fourth-order valence-corrected chi connectivity index (χ4v) is 8.34. The molecule has 1 aliphatic rings. The van der Waals surface area contributed by atoms with Gasteiger partial charge in [0, 0.05) is 10.4 Å². The van der Waals surface area contributed by atoms with Crippen LogP contribution >= 0.6 is 23.1 Å². The lowest BCUT2D eigenvalue weighted by molar-refractivity contribution is 0.102. The Morgan fingerprint density at radius 3 is 2.49 bits per heavy atom. The molecule has 41 heavy (non-hydrogen) atoms. The Kier molecular flexibility index (Phi) is 8.23. The van der Waals surface area contributed by atoms with E-state index >= 15 is 0 Å². The van der Waals surface area contributed by atoms with Crippen LogP contribution in [-0.4, -0.2) is 28.2 Å². The third-order valence-corrected chi connectivity index (χ3v) is 11.5. The lowest BCUT2D eigenvalue weighted by Crippen LogP contribution is -2.29. The molecule has 0 amide bonds. The molecule has 1 atom stereocenters. The zero-order valence-corrected chi connectivity index (χ0v) is 27.1.